The van der Waals surface area contributed by atoms with Gasteiger partial charge in [-0.2, -0.15) is 26.3 Å². The Morgan fingerprint density at radius 1 is 0.680 bits per heavy atom. The molecule has 25 heavy (non-hydrogen) atoms. The normalized spacial score (nSPS) is 12.2. The van der Waals surface area contributed by atoms with E-state index in [-0.39, 0.29) is 18.0 Å². The minimum absolute atomic E-state index is 0.106. The van der Waals surface area contributed by atoms with E-state index in [2.05, 4.69) is 10.6 Å². The first kappa shape index (κ1) is 19.5. The lowest BCUT2D eigenvalue weighted by Crippen LogP contribution is -2.14. The molecule has 136 valence electrons. The van der Waals surface area contributed by atoms with Crippen LogP contribution >= 0.6 is 23.2 Å². The van der Waals surface area contributed by atoms with Crippen LogP contribution in [-0.4, -0.2) is 6.67 Å². The van der Waals surface area contributed by atoms with Crippen LogP contribution in [0.1, 0.15) is 11.1 Å². The summed E-state index contributed by atoms with van der Waals surface area (Å²) in [6.45, 7) is -0.113. The van der Waals surface area contributed by atoms with E-state index < -0.39 is 33.5 Å². The molecule has 0 aliphatic heterocycles. The van der Waals surface area contributed by atoms with Gasteiger partial charge in [0, 0.05) is 11.4 Å². The molecule has 0 fully saturated rings. The van der Waals surface area contributed by atoms with Crippen molar-refractivity contribution in [2.75, 3.05) is 17.3 Å². The second-order valence-corrected chi connectivity index (χ2v) is 5.73. The number of hydrogen-bond acceptors (Lipinski definition) is 2. The number of rotatable bonds is 4. The molecule has 0 saturated carbocycles. The molecule has 0 spiro atoms. The van der Waals surface area contributed by atoms with E-state index in [1.54, 1.807) is 0 Å². The fourth-order valence-electron chi connectivity index (χ4n) is 1.95. The Balaban J connectivity index is 2.07. The van der Waals surface area contributed by atoms with E-state index >= 15 is 0 Å². The van der Waals surface area contributed by atoms with Crippen LogP contribution in [0.15, 0.2) is 36.4 Å². The molecule has 0 saturated heterocycles. The molecule has 0 amide bonds. The fraction of sp³-hybridized carbons (Fsp3) is 0.200. The molecule has 0 bridgehead atoms. The maximum absolute atomic E-state index is 12.8. The van der Waals surface area contributed by atoms with Crippen molar-refractivity contribution in [2.45, 2.75) is 12.4 Å². The highest BCUT2D eigenvalue weighted by Crippen LogP contribution is 2.37. The van der Waals surface area contributed by atoms with Crippen molar-refractivity contribution in [2.24, 2.45) is 0 Å². The molecule has 0 aliphatic rings. The number of benzene rings is 2. The summed E-state index contributed by atoms with van der Waals surface area (Å²) < 4.78 is 76.6. The average Bonchev–Trinajstić information content (AvgIpc) is 2.48. The molecule has 0 radical (unpaired) electrons. The lowest BCUT2D eigenvalue weighted by Gasteiger charge is -2.15. The average molecular weight is 403 g/mol. The zero-order chi connectivity index (χ0) is 18.8. The van der Waals surface area contributed by atoms with Gasteiger partial charge in [0.05, 0.1) is 27.8 Å². The standard InChI is InChI=1S/C15H10Cl2F6N2/c16-12-3-1-8(5-10(12)14(18,19)20)24-7-25-9-2-4-13(17)11(6-9)15(21,22)23/h1-6,24-25H,7H2. The first-order valence-electron chi connectivity index (χ1n) is 6.70. The van der Waals surface area contributed by atoms with Gasteiger partial charge in [-0.15, -0.1) is 0 Å². The fourth-order valence-corrected chi connectivity index (χ4v) is 2.40. The maximum atomic E-state index is 12.8. The maximum Gasteiger partial charge on any atom is 0.417 e. The van der Waals surface area contributed by atoms with Crippen LogP contribution < -0.4 is 10.6 Å². The zero-order valence-corrected chi connectivity index (χ0v) is 13.7. The summed E-state index contributed by atoms with van der Waals surface area (Å²) in [6.07, 6.45) is -9.22. The minimum Gasteiger partial charge on any atom is -0.368 e. The molecule has 0 unspecified atom stereocenters. The quantitative estimate of drug-likeness (QED) is 0.449. The van der Waals surface area contributed by atoms with Crippen molar-refractivity contribution in [3.05, 3.63) is 57.6 Å². The summed E-state index contributed by atoms with van der Waals surface area (Å²) in [6, 6.07) is 6.43. The molecule has 0 aliphatic carbocycles. The molecule has 2 aromatic carbocycles. The van der Waals surface area contributed by atoms with Crippen molar-refractivity contribution >= 4 is 34.6 Å². The third-order valence-electron chi connectivity index (χ3n) is 3.13. The zero-order valence-electron chi connectivity index (χ0n) is 12.2. The largest absolute Gasteiger partial charge is 0.417 e. The van der Waals surface area contributed by atoms with E-state index in [1.165, 1.54) is 12.1 Å². The van der Waals surface area contributed by atoms with E-state index in [1.807, 2.05) is 0 Å². The van der Waals surface area contributed by atoms with Gasteiger partial charge < -0.3 is 10.6 Å². The van der Waals surface area contributed by atoms with E-state index in [9.17, 15) is 26.3 Å². The Morgan fingerprint density at radius 3 is 1.36 bits per heavy atom. The van der Waals surface area contributed by atoms with Crippen LogP contribution in [0.5, 0.6) is 0 Å². The van der Waals surface area contributed by atoms with Gasteiger partial charge in [-0.05, 0) is 36.4 Å². The van der Waals surface area contributed by atoms with Crippen LogP contribution in [0.2, 0.25) is 10.0 Å². The third kappa shape index (κ3) is 5.09. The Hall–Kier alpha value is -1.80. The Kier molecular flexibility index (Phi) is 5.63. The van der Waals surface area contributed by atoms with Gasteiger partial charge in [-0.3, -0.25) is 0 Å². The van der Waals surface area contributed by atoms with Gasteiger partial charge in [0.25, 0.3) is 0 Å². The number of halogens is 8. The molecular formula is C15H10Cl2F6N2. The highest BCUT2D eigenvalue weighted by Gasteiger charge is 2.34. The summed E-state index contributed by atoms with van der Waals surface area (Å²) in [5.41, 5.74) is -1.81. The summed E-state index contributed by atoms with van der Waals surface area (Å²) in [7, 11) is 0. The van der Waals surface area contributed by atoms with Crippen LogP contribution in [-0.2, 0) is 12.4 Å². The molecule has 2 nitrogen and oxygen atoms in total. The van der Waals surface area contributed by atoms with Gasteiger partial charge >= 0.3 is 12.4 Å². The Bertz CT molecular complexity index is 695. The van der Waals surface area contributed by atoms with Crippen molar-refractivity contribution in [1.82, 2.24) is 0 Å². The van der Waals surface area contributed by atoms with Gasteiger partial charge in [-0.1, -0.05) is 23.2 Å². The number of nitrogens with one attached hydrogen (secondary N) is 2. The molecule has 2 rings (SSSR count). The van der Waals surface area contributed by atoms with Gasteiger partial charge in [0.1, 0.15) is 0 Å². The molecule has 0 atom stereocenters. The third-order valence-corrected chi connectivity index (χ3v) is 3.79. The van der Waals surface area contributed by atoms with Crippen LogP contribution in [0.3, 0.4) is 0 Å². The summed E-state index contributed by atoms with van der Waals surface area (Å²) in [5.74, 6) is 0. The second-order valence-electron chi connectivity index (χ2n) is 4.92. The summed E-state index contributed by atoms with van der Waals surface area (Å²) in [5, 5.41) is 4.35. The van der Waals surface area contributed by atoms with Crippen molar-refractivity contribution in [3.63, 3.8) is 0 Å². The highest BCUT2D eigenvalue weighted by molar-refractivity contribution is 6.31. The van der Waals surface area contributed by atoms with Crippen LogP contribution in [0, 0.1) is 0 Å². The molecular weight excluding hydrogens is 393 g/mol. The van der Waals surface area contributed by atoms with E-state index in [4.69, 9.17) is 23.2 Å². The number of anilines is 2. The summed E-state index contributed by atoms with van der Waals surface area (Å²) in [4.78, 5) is 0. The van der Waals surface area contributed by atoms with Gasteiger partial charge in [0.15, 0.2) is 0 Å². The smallest absolute Gasteiger partial charge is 0.368 e. The summed E-state index contributed by atoms with van der Waals surface area (Å²) >= 11 is 11.0. The van der Waals surface area contributed by atoms with E-state index in [0.717, 1.165) is 24.3 Å². The van der Waals surface area contributed by atoms with Crippen LogP contribution in [0.4, 0.5) is 37.7 Å². The van der Waals surface area contributed by atoms with Gasteiger partial charge in [-0.25, -0.2) is 0 Å². The Morgan fingerprint density at radius 2 is 1.04 bits per heavy atom. The second kappa shape index (κ2) is 7.21. The van der Waals surface area contributed by atoms with Crippen molar-refractivity contribution in [3.8, 4) is 0 Å². The molecule has 10 heteroatoms. The van der Waals surface area contributed by atoms with E-state index in [0.29, 0.717) is 0 Å². The van der Waals surface area contributed by atoms with Gasteiger partial charge in [0.2, 0.25) is 0 Å². The monoisotopic (exact) mass is 402 g/mol. The molecule has 0 aromatic heterocycles. The van der Waals surface area contributed by atoms with Crippen molar-refractivity contribution in [1.29, 1.82) is 0 Å². The first-order chi connectivity index (χ1) is 11.5. The number of alkyl halides is 6. The molecule has 0 heterocycles. The lowest BCUT2D eigenvalue weighted by atomic mass is 10.2. The van der Waals surface area contributed by atoms with Crippen molar-refractivity contribution < 1.29 is 26.3 Å². The number of hydrogen-bond donors (Lipinski definition) is 2. The molecule has 2 aromatic rings. The van der Waals surface area contributed by atoms with Crippen LogP contribution in [0.25, 0.3) is 0 Å². The molecule has 2 N–H and O–H groups in total. The highest BCUT2D eigenvalue weighted by atomic mass is 35.5. The minimum atomic E-state index is -4.61. The lowest BCUT2D eigenvalue weighted by molar-refractivity contribution is -0.138. The Labute approximate surface area is 148 Å². The topological polar surface area (TPSA) is 24.1 Å². The predicted octanol–water partition coefficient (Wildman–Crippen LogP) is 6.51. The predicted molar refractivity (Wildman–Crippen MR) is 85.0 cm³/mol. The SMILES string of the molecule is FC(F)(F)c1cc(NCNc2ccc(Cl)c(C(F)(F)F)c2)ccc1Cl. The first-order valence-corrected chi connectivity index (χ1v) is 7.45.